The van der Waals surface area contributed by atoms with Crippen molar-refractivity contribution in [2.45, 2.75) is 225 Å². The lowest BCUT2D eigenvalue weighted by atomic mass is 10.0. The van der Waals surface area contributed by atoms with Gasteiger partial charge in [0.1, 0.15) is 0 Å². The van der Waals surface area contributed by atoms with Gasteiger partial charge in [0, 0.05) is 6.42 Å². The normalized spacial score (nSPS) is 13.9. The number of aliphatic hydroxyl groups excluding tert-OH is 2. The minimum Gasteiger partial charge on any atom is -0.394 e. The van der Waals surface area contributed by atoms with E-state index in [1.165, 1.54) is 96.3 Å². The van der Waals surface area contributed by atoms with Crippen molar-refractivity contribution in [1.29, 1.82) is 0 Å². The molecule has 4 nitrogen and oxygen atoms in total. The van der Waals surface area contributed by atoms with Crippen molar-refractivity contribution in [2.24, 2.45) is 0 Å². The highest BCUT2D eigenvalue weighted by atomic mass is 16.3. The fourth-order valence-corrected chi connectivity index (χ4v) is 6.78. The van der Waals surface area contributed by atoms with Crippen molar-refractivity contribution in [3.63, 3.8) is 0 Å². The largest absolute Gasteiger partial charge is 0.394 e. The maximum Gasteiger partial charge on any atom is 0.220 e. The van der Waals surface area contributed by atoms with Gasteiger partial charge >= 0.3 is 0 Å². The molecule has 3 N–H and O–H groups in total. The number of carbonyl (C=O) groups excluding carboxylic acids is 1. The summed E-state index contributed by atoms with van der Waals surface area (Å²) in [5, 5.41) is 23.1. The monoisotopic (exact) mass is 816 g/mol. The molecule has 0 heterocycles. The smallest absolute Gasteiger partial charge is 0.220 e. The van der Waals surface area contributed by atoms with Gasteiger partial charge in [0.05, 0.1) is 18.8 Å². The van der Waals surface area contributed by atoms with Crippen LogP contribution in [0.3, 0.4) is 0 Å². The average molecular weight is 816 g/mol. The standard InChI is InChI=1S/C55H93NO3/c1-3-5-7-9-11-13-15-17-19-21-23-24-25-26-27-28-29-30-31-32-33-35-37-39-41-43-45-47-49-51-55(59)56-53(52-57)54(58)50-48-46-44-42-40-38-36-34-22-20-18-16-14-12-10-8-6-4-2/h5,7,11,13,17,19,23-24,26-27,29-30,32-33,37,39,48,50,53-54,57-58H,3-4,6,8-10,12,14-16,18,20-22,25,28,31,34-36,38,40-47,49,51-52H2,1-2H3,(H,56,59)/b7-5-,13-11-,19-17-,24-23-,27-26-,30-29-,33-32-,39-37-,50-48+. The van der Waals surface area contributed by atoms with Crippen molar-refractivity contribution in [3.05, 3.63) is 109 Å². The molecule has 0 saturated heterocycles. The van der Waals surface area contributed by atoms with Gasteiger partial charge in [0.2, 0.25) is 5.91 Å². The first-order chi connectivity index (χ1) is 29.2. The molecule has 59 heavy (non-hydrogen) atoms. The van der Waals surface area contributed by atoms with Crippen LogP contribution < -0.4 is 5.32 Å². The molecular weight excluding hydrogens is 723 g/mol. The third kappa shape index (κ3) is 46.0. The Hall–Kier alpha value is -2.95. The van der Waals surface area contributed by atoms with Crippen LogP contribution in [-0.4, -0.2) is 34.9 Å². The first-order valence-electron chi connectivity index (χ1n) is 24.6. The van der Waals surface area contributed by atoms with Crippen molar-refractivity contribution in [1.82, 2.24) is 5.32 Å². The fraction of sp³-hybridized carbons (Fsp3) is 0.655. The van der Waals surface area contributed by atoms with E-state index in [4.69, 9.17) is 0 Å². The highest BCUT2D eigenvalue weighted by Crippen LogP contribution is 2.14. The van der Waals surface area contributed by atoms with Gasteiger partial charge in [-0.2, -0.15) is 0 Å². The van der Waals surface area contributed by atoms with Crippen molar-refractivity contribution >= 4 is 5.91 Å². The second-order valence-corrected chi connectivity index (χ2v) is 16.1. The summed E-state index contributed by atoms with van der Waals surface area (Å²) >= 11 is 0. The van der Waals surface area contributed by atoms with Gasteiger partial charge in [0.15, 0.2) is 0 Å². The summed E-state index contributed by atoms with van der Waals surface area (Å²) in [6.07, 6.45) is 74.9. The molecule has 0 aromatic rings. The van der Waals surface area contributed by atoms with Crippen LogP contribution in [0, 0.1) is 0 Å². The number of unbranched alkanes of at least 4 members (excludes halogenated alkanes) is 20. The summed E-state index contributed by atoms with van der Waals surface area (Å²) in [7, 11) is 0. The summed E-state index contributed by atoms with van der Waals surface area (Å²) in [6, 6.07) is -0.644. The highest BCUT2D eigenvalue weighted by Gasteiger charge is 2.17. The molecular formula is C55H93NO3. The molecule has 0 spiro atoms. The van der Waals surface area contributed by atoms with Crippen LogP contribution in [0.15, 0.2) is 109 Å². The Labute approximate surface area is 366 Å². The van der Waals surface area contributed by atoms with Crippen molar-refractivity contribution in [3.8, 4) is 0 Å². The molecule has 0 aliphatic carbocycles. The summed E-state index contributed by atoms with van der Waals surface area (Å²) in [5.74, 6) is -0.0926. The zero-order chi connectivity index (χ0) is 42.8. The number of carbonyl (C=O) groups is 1. The van der Waals surface area contributed by atoms with E-state index in [0.717, 1.165) is 96.3 Å². The van der Waals surface area contributed by atoms with Gasteiger partial charge in [0.25, 0.3) is 0 Å². The van der Waals surface area contributed by atoms with Crippen LogP contribution in [0.4, 0.5) is 0 Å². The van der Waals surface area contributed by atoms with Crippen LogP contribution in [-0.2, 0) is 4.79 Å². The van der Waals surface area contributed by atoms with Crippen LogP contribution >= 0.6 is 0 Å². The van der Waals surface area contributed by atoms with E-state index in [9.17, 15) is 15.0 Å². The molecule has 0 aliphatic rings. The lowest BCUT2D eigenvalue weighted by Crippen LogP contribution is -2.45. The number of hydrogen-bond acceptors (Lipinski definition) is 3. The SMILES string of the molecule is CC/C=C\C/C=C\C/C=C\C/C=C\C/C=C\C/C=C\C/C=C\C/C=C\CCCCCCC(=O)NC(CO)C(O)/C=C/CCCCCCCCCCCCCCCCCC. The molecule has 4 heteroatoms. The van der Waals surface area contributed by atoms with E-state index in [0.29, 0.717) is 6.42 Å². The molecule has 2 atom stereocenters. The molecule has 0 rings (SSSR count). The molecule has 0 fully saturated rings. The van der Waals surface area contributed by atoms with E-state index < -0.39 is 12.1 Å². The van der Waals surface area contributed by atoms with Crippen molar-refractivity contribution < 1.29 is 15.0 Å². The zero-order valence-electron chi connectivity index (χ0n) is 38.5. The minimum absolute atomic E-state index is 0.0926. The summed E-state index contributed by atoms with van der Waals surface area (Å²) in [5.41, 5.74) is 0. The van der Waals surface area contributed by atoms with Crippen LogP contribution in [0.2, 0.25) is 0 Å². The number of allylic oxidation sites excluding steroid dienone is 17. The van der Waals surface area contributed by atoms with Crippen molar-refractivity contribution in [2.75, 3.05) is 6.61 Å². The summed E-state index contributed by atoms with van der Waals surface area (Å²) < 4.78 is 0. The second-order valence-electron chi connectivity index (χ2n) is 16.1. The average Bonchev–Trinajstić information content (AvgIpc) is 3.24. The molecule has 0 aliphatic heterocycles. The highest BCUT2D eigenvalue weighted by molar-refractivity contribution is 5.76. The van der Waals surface area contributed by atoms with Crippen LogP contribution in [0.25, 0.3) is 0 Å². The Kier molecular flexibility index (Phi) is 46.9. The van der Waals surface area contributed by atoms with Gasteiger partial charge in [-0.1, -0.05) is 232 Å². The molecule has 0 aromatic carbocycles. The van der Waals surface area contributed by atoms with Gasteiger partial charge in [-0.05, 0) is 83.5 Å². The zero-order valence-corrected chi connectivity index (χ0v) is 38.5. The molecule has 0 bridgehead atoms. The van der Waals surface area contributed by atoms with Gasteiger partial charge in [-0.3, -0.25) is 4.79 Å². The van der Waals surface area contributed by atoms with E-state index >= 15 is 0 Å². The summed E-state index contributed by atoms with van der Waals surface area (Å²) in [4.78, 5) is 12.4. The Morgan fingerprint density at radius 1 is 0.424 bits per heavy atom. The number of hydrogen-bond donors (Lipinski definition) is 3. The first kappa shape index (κ1) is 56.0. The van der Waals surface area contributed by atoms with E-state index in [2.05, 4.69) is 116 Å². The Bertz CT molecular complexity index is 1150. The molecule has 1 amide bonds. The third-order valence-corrected chi connectivity index (χ3v) is 10.5. The lowest BCUT2D eigenvalue weighted by Gasteiger charge is -2.20. The third-order valence-electron chi connectivity index (χ3n) is 10.5. The van der Waals surface area contributed by atoms with Crippen LogP contribution in [0.1, 0.15) is 213 Å². The van der Waals surface area contributed by atoms with Crippen LogP contribution in [0.5, 0.6) is 0 Å². The van der Waals surface area contributed by atoms with E-state index in [1.807, 2.05) is 6.08 Å². The topological polar surface area (TPSA) is 69.6 Å². The molecule has 0 saturated carbocycles. The number of aliphatic hydroxyl groups is 2. The Morgan fingerprint density at radius 3 is 1.12 bits per heavy atom. The molecule has 0 radical (unpaired) electrons. The molecule has 2 unspecified atom stereocenters. The van der Waals surface area contributed by atoms with Gasteiger partial charge < -0.3 is 15.5 Å². The van der Waals surface area contributed by atoms with Gasteiger partial charge in [-0.15, -0.1) is 0 Å². The van der Waals surface area contributed by atoms with Gasteiger partial charge in [-0.25, -0.2) is 0 Å². The predicted molar refractivity (Wildman–Crippen MR) is 262 cm³/mol. The molecule has 336 valence electrons. The Morgan fingerprint density at radius 2 is 0.746 bits per heavy atom. The fourth-order valence-electron chi connectivity index (χ4n) is 6.78. The molecule has 0 aromatic heterocycles. The van der Waals surface area contributed by atoms with E-state index in [1.54, 1.807) is 6.08 Å². The second kappa shape index (κ2) is 49.4. The first-order valence-corrected chi connectivity index (χ1v) is 24.6. The quantitative estimate of drug-likeness (QED) is 0.0424. The lowest BCUT2D eigenvalue weighted by molar-refractivity contribution is -0.123. The number of rotatable bonds is 43. The van der Waals surface area contributed by atoms with E-state index in [-0.39, 0.29) is 12.5 Å². The number of amides is 1. The predicted octanol–water partition coefficient (Wildman–Crippen LogP) is 16.0. The maximum atomic E-state index is 12.4. The maximum absolute atomic E-state index is 12.4. The summed E-state index contributed by atoms with van der Waals surface area (Å²) in [6.45, 7) is 4.18. The Balaban J connectivity index is 3.69. The minimum atomic E-state index is -0.858. The number of nitrogens with one attached hydrogen (secondary N) is 1.